The second-order valence-electron chi connectivity index (χ2n) is 9.02. The van der Waals surface area contributed by atoms with Gasteiger partial charge in [-0.1, -0.05) is 19.3 Å². The Bertz CT molecular complexity index is 717. The molecule has 5 nitrogen and oxygen atoms in total. The number of hydrogen-bond acceptors (Lipinski definition) is 4. The van der Waals surface area contributed by atoms with Crippen molar-refractivity contribution < 1.29 is 18.0 Å². The van der Waals surface area contributed by atoms with Gasteiger partial charge in [0.2, 0.25) is 5.91 Å². The van der Waals surface area contributed by atoms with Gasteiger partial charge < -0.3 is 9.80 Å². The van der Waals surface area contributed by atoms with Crippen molar-refractivity contribution in [2.45, 2.75) is 44.3 Å². The fourth-order valence-corrected chi connectivity index (χ4v) is 5.10. The summed E-state index contributed by atoms with van der Waals surface area (Å²) < 4.78 is 38.2. The third-order valence-electron chi connectivity index (χ3n) is 7.05. The first-order valence-electron chi connectivity index (χ1n) is 11.6. The van der Waals surface area contributed by atoms with Crippen LogP contribution in [0.1, 0.15) is 37.7 Å². The van der Waals surface area contributed by atoms with Crippen LogP contribution in [0.2, 0.25) is 0 Å². The van der Waals surface area contributed by atoms with Gasteiger partial charge in [-0.05, 0) is 37.1 Å². The molecule has 172 valence electrons. The Morgan fingerprint density at radius 1 is 0.839 bits per heavy atom. The van der Waals surface area contributed by atoms with E-state index in [9.17, 15) is 18.0 Å². The van der Waals surface area contributed by atoms with Crippen molar-refractivity contribution >= 4 is 11.6 Å². The maximum Gasteiger partial charge on any atom is 0.416 e. The molecular weight excluding hydrogens is 405 g/mol. The lowest BCUT2D eigenvalue weighted by Gasteiger charge is -2.41. The molecule has 0 spiro atoms. The summed E-state index contributed by atoms with van der Waals surface area (Å²) >= 11 is 0. The third-order valence-corrected chi connectivity index (χ3v) is 7.05. The zero-order valence-corrected chi connectivity index (χ0v) is 18.1. The smallest absolute Gasteiger partial charge is 0.369 e. The predicted molar refractivity (Wildman–Crippen MR) is 115 cm³/mol. The number of nitrogens with zero attached hydrogens (tertiary/aromatic N) is 4. The normalized spacial score (nSPS) is 22.7. The van der Waals surface area contributed by atoms with Crippen molar-refractivity contribution in [2.75, 3.05) is 63.8 Å². The summed E-state index contributed by atoms with van der Waals surface area (Å²) in [5.41, 5.74) is 0.182. The molecule has 0 aromatic heterocycles. The average Bonchev–Trinajstić information content (AvgIpc) is 2.80. The zero-order valence-electron chi connectivity index (χ0n) is 18.1. The van der Waals surface area contributed by atoms with Gasteiger partial charge in [0.1, 0.15) is 0 Å². The molecule has 4 rings (SSSR count). The number of anilines is 1. The molecule has 0 unspecified atom stereocenters. The van der Waals surface area contributed by atoms with E-state index in [2.05, 4.69) is 14.7 Å². The first kappa shape index (κ1) is 22.4. The summed E-state index contributed by atoms with van der Waals surface area (Å²) in [5, 5.41) is 0. The van der Waals surface area contributed by atoms with Crippen LogP contribution >= 0.6 is 0 Å². The highest BCUT2D eigenvalue weighted by Crippen LogP contribution is 2.30. The number of hydrogen-bond donors (Lipinski definition) is 0. The van der Waals surface area contributed by atoms with E-state index in [0.29, 0.717) is 25.7 Å². The second kappa shape index (κ2) is 9.77. The van der Waals surface area contributed by atoms with Gasteiger partial charge >= 0.3 is 6.18 Å². The molecule has 2 heterocycles. The van der Waals surface area contributed by atoms with Crippen LogP contribution in [0.3, 0.4) is 0 Å². The molecule has 8 heteroatoms. The monoisotopic (exact) mass is 438 g/mol. The van der Waals surface area contributed by atoms with E-state index in [1.807, 2.05) is 4.90 Å². The molecule has 0 bridgehead atoms. The number of piperazine rings is 2. The van der Waals surface area contributed by atoms with Crippen molar-refractivity contribution in [2.24, 2.45) is 0 Å². The van der Waals surface area contributed by atoms with Crippen LogP contribution in [-0.2, 0) is 11.0 Å². The van der Waals surface area contributed by atoms with Crippen LogP contribution in [-0.4, -0.2) is 85.6 Å². The molecule has 31 heavy (non-hydrogen) atoms. The third kappa shape index (κ3) is 5.71. The molecule has 0 atom stereocenters. The minimum atomic E-state index is -4.31. The van der Waals surface area contributed by atoms with Gasteiger partial charge in [0, 0.05) is 64.1 Å². The molecule has 3 aliphatic rings. The minimum absolute atomic E-state index is 0.200. The van der Waals surface area contributed by atoms with Crippen LogP contribution < -0.4 is 4.90 Å². The number of amides is 1. The summed E-state index contributed by atoms with van der Waals surface area (Å²) in [7, 11) is 0. The fourth-order valence-electron chi connectivity index (χ4n) is 5.10. The molecule has 0 radical (unpaired) electrons. The van der Waals surface area contributed by atoms with Crippen molar-refractivity contribution in [1.29, 1.82) is 0 Å². The van der Waals surface area contributed by atoms with Crippen molar-refractivity contribution in [3.05, 3.63) is 29.8 Å². The number of halogens is 3. The van der Waals surface area contributed by atoms with Crippen molar-refractivity contribution in [1.82, 2.24) is 14.7 Å². The van der Waals surface area contributed by atoms with E-state index in [4.69, 9.17) is 0 Å². The molecule has 1 amide bonds. The highest BCUT2D eigenvalue weighted by atomic mass is 19.4. The molecule has 2 saturated heterocycles. The van der Waals surface area contributed by atoms with E-state index in [1.54, 1.807) is 0 Å². The van der Waals surface area contributed by atoms with Gasteiger partial charge in [-0.15, -0.1) is 0 Å². The minimum Gasteiger partial charge on any atom is -0.369 e. The molecule has 0 N–H and O–H groups in total. The van der Waals surface area contributed by atoms with E-state index in [1.165, 1.54) is 44.2 Å². The van der Waals surface area contributed by atoms with E-state index in [-0.39, 0.29) is 5.91 Å². The van der Waals surface area contributed by atoms with Gasteiger partial charge in [0.15, 0.2) is 0 Å². The zero-order chi connectivity index (χ0) is 21.8. The molecule has 1 saturated carbocycles. The van der Waals surface area contributed by atoms with Gasteiger partial charge in [0.05, 0.1) is 12.1 Å². The van der Waals surface area contributed by atoms with E-state index in [0.717, 1.165) is 57.1 Å². The SMILES string of the molecule is O=C(CN1CCN(c2ccc(C(F)(F)F)cc2)CC1)N1CCN(C2CCCCC2)CC1. The van der Waals surface area contributed by atoms with E-state index < -0.39 is 11.7 Å². The Hall–Kier alpha value is -1.80. The molecule has 2 aliphatic heterocycles. The maximum absolute atomic E-state index is 12.8. The Morgan fingerprint density at radius 3 is 2.03 bits per heavy atom. The molecule has 1 aromatic carbocycles. The van der Waals surface area contributed by atoms with Gasteiger partial charge in [-0.2, -0.15) is 13.2 Å². The summed E-state index contributed by atoms with van der Waals surface area (Å²) in [6, 6.07) is 6.06. The summed E-state index contributed by atoms with van der Waals surface area (Å²) in [6.07, 6.45) is 2.33. The largest absolute Gasteiger partial charge is 0.416 e. The summed E-state index contributed by atoms with van der Waals surface area (Å²) in [6.45, 7) is 6.97. The van der Waals surface area contributed by atoms with Crippen LogP contribution in [0.15, 0.2) is 24.3 Å². The molecule has 1 aromatic rings. The highest BCUT2D eigenvalue weighted by molar-refractivity contribution is 5.78. The number of carbonyl (C=O) groups is 1. The standard InChI is InChI=1S/C23H33F3N4O/c24-23(25,26)19-6-8-21(9-7-19)28-12-10-27(11-13-28)18-22(31)30-16-14-29(15-17-30)20-4-2-1-3-5-20/h6-9,20H,1-5,10-18H2. The number of carbonyl (C=O) groups excluding carboxylic acids is 1. The summed E-state index contributed by atoms with van der Waals surface area (Å²) in [4.78, 5) is 21.6. The molecule has 1 aliphatic carbocycles. The Kier molecular flexibility index (Phi) is 7.06. The van der Waals surface area contributed by atoms with Gasteiger partial charge in [-0.3, -0.25) is 14.6 Å². The Labute approximate surface area is 182 Å². The second-order valence-corrected chi connectivity index (χ2v) is 9.02. The van der Waals surface area contributed by atoms with Crippen LogP contribution in [0.4, 0.5) is 18.9 Å². The predicted octanol–water partition coefficient (Wildman–Crippen LogP) is 3.30. The first-order chi connectivity index (χ1) is 14.9. The fraction of sp³-hybridized carbons (Fsp3) is 0.696. The maximum atomic E-state index is 12.8. The van der Waals surface area contributed by atoms with Gasteiger partial charge in [-0.25, -0.2) is 0 Å². The number of alkyl halides is 3. The Balaban J connectivity index is 1.20. The lowest BCUT2D eigenvalue weighted by molar-refractivity contribution is -0.137. The number of rotatable bonds is 4. The van der Waals surface area contributed by atoms with Crippen LogP contribution in [0.25, 0.3) is 0 Å². The topological polar surface area (TPSA) is 30.0 Å². The summed E-state index contributed by atoms with van der Waals surface area (Å²) in [5.74, 6) is 0.200. The highest BCUT2D eigenvalue weighted by Gasteiger charge is 2.31. The lowest BCUT2D eigenvalue weighted by Crippen LogP contribution is -2.55. The van der Waals surface area contributed by atoms with Crippen molar-refractivity contribution in [3.63, 3.8) is 0 Å². The molecule has 3 fully saturated rings. The quantitative estimate of drug-likeness (QED) is 0.722. The van der Waals surface area contributed by atoms with Crippen molar-refractivity contribution in [3.8, 4) is 0 Å². The van der Waals surface area contributed by atoms with E-state index >= 15 is 0 Å². The molecular formula is C23H33F3N4O. The van der Waals surface area contributed by atoms with Crippen LogP contribution in [0, 0.1) is 0 Å². The van der Waals surface area contributed by atoms with Gasteiger partial charge in [0.25, 0.3) is 0 Å². The first-order valence-corrected chi connectivity index (χ1v) is 11.6. The number of benzene rings is 1. The Morgan fingerprint density at radius 2 is 1.45 bits per heavy atom. The lowest BCUT2D eigenvalue weighted by atomic mass is 9.94. The van der Waals surface area contributed by atoms with Crippen LogP contribution in [0.5, 0.6) is 0 Å². The average molecular weight is 439 g/mol.